The van der Waals surface area contributed by atoms with Crippen LogP contribution in [0.2, 0.25) is 0 Å². The number of anilines is 1. The molecule has 1 heterocycles. The van der Waals surface area contributed by atoms with Crippen LogP contribution in [0, 0.1) is 0 Å². The van der Waals surface area contributed by atoms with Crippen molar-refractivity contribution in [2.45, 2.75) is 30.7 Å². The summed E-state index contributed by atoms with van der Waals surface area (Å²) in [5.74, 6) is 0.850. The number of fused-ring (bicyclic) bond motifs is 1. The average molecular weight is 254 g/mol. The quantitative estimate of drug-likeness (QED) is 0.632. The molecule has 0 fully saturated rings. The number of thioether (sulfide) groups is 1. The molecule has 0 unspecified atom stereocenters. The van der Waals surface area contributed by atoms with Crippen LogP contribution >= 0.6 is 11.8 Å². The molecule has 4 nitrogen and oxygen atoms in total. The Kier molecular flexibility index (Phi) is 4.12. The van der Waals surface area contributed by atoms with E-state index in [2.05, 4.69) is 4.98 Å². The minimum atomic E-state index is -0.148. The molecular weight excluding hydrogens is 236 g/mol. The van der Waals surface area contributed by atoms with Crippen LogP contribution in [-0.2, 0) is 17.6 Å². The normalized spacial score (nSPS) is 14.6. The Morgan fingerprint density at radius 1 is 1.35 bits per heavy atom. The van der Waals surface area contributed by atoms with Crippen molar-refractivity contribution in [1.29, 1.82) is 0 Å². The fourth-order valence-corrected chi connectivity index (χ4v) is 3.20. The number of nitrogens with one attached hydrogen (secondary N) is 1. The highest BCUT2D eigenvalue weighted by atomic mass is 32.2. The lowest BCUT2D eigenvalue weighted by atomic mass is 9.92. The number of aromatic nitrogens is 1. The number of hydrogen-bond acceptors (Lipinski definition) is 4. The van der Waals surface area contributed by atoms with Crippen molar-refractivity contribution < 1.29 is 4.74 Å². The van der Waals surface area contributed by atoms with Crippen LogP contribution < -0.4 is 11.3 Å². The van der Waals surface area contributed by atoms with Gasteiger partial charge in [0, 0.05) is 12.9 Å². The van der Waals surface area contributed by atoms with Gasteiger partial charge in [-0.2, -0.15) is 0 Å². The molecular formula is C12H18N2O2S. The number of aromatic amines is 1. The maximum Gasteiger partial charge on any atom is 0.272 e. The molecule has 1 aromatic rings. The van der Waals surface area contributed by atoms with Gasteiger partial charge in [0.1, 0.15) is 5.69 Å². The highest BCUT2D eigenvalue weighted by Crippen LogP contribution is 2.30. The fourth-order valence-electron chi connectivity index (χ4n) is 2.19. The van der Waals surface area contributed by atoms with E-state index in [0.29, 0.717) is 12.3 Å². The van der Waals surface area contributed by atoms with Gasteiger partial charge in [-0.1, -0.05) is 0 Å². The number of ether oxygens (including phenoxy) is 1. The van der Waals surface area contributed by atoms with Crippen molar-refractivity contribution >= 4 is 17.4 Å². The van der Waals surface area contributed by atoms with Gasteiger partial charge in [-0.15, -0.1) is 11.8 Å². The predicted molar refractivity (Wildman–Crippen MR) is 70.7 cm³/mol. The Bertz CT molecular complexity index is 457. The standard InChI is InChI=1S/C12H18N2O2S/c1-16-6-7-17-12-9-5-3-2-4-8(9)10(13)11(15)14-12/h2-7,13H2,1H3,(H,14,15). The predicted octanol–water partition coefficient (Wildman–Crippen LogP) is 1.57. The van der Waals surface area contributed by atoms with Gasteiger partial charge in [0.25, 0.3) is 5.56 Å². The van der Waals surface area contributed by atoms with E-state index in [4.69, 9.17) is 10.5 Å². The van der Waals surface area contributed by atoms with Crippen molar-refractivity contribution in [3.8, 4) is 0 Å². The highest BCUT2D eigenvalue weighted by molar-refractivity contribution is 7.99. The Hall–Kier alpha value is -0.940. The number of H-pyrrole nitrogens is 1. The van der Waals surface area contributed by atoms with Gasteiger partial charge in [-0.25, -0.2) is 0 Å². The summed E-state index contributed by atoms with van der Waals surface area (Å²) in [7, 11) is 1.68. The van der Waals surface area contributed by atoms with E-state index in [0.717, 1.165) is 35.6 Å². The van der Waals surface area contributed by atoms with E-state index in [-0.39, 0.29) is 5.56 Å². The zero-order chi connectivity index (χ0) is 12.3. The summed E-state index contributed by atoms with van der Waals surface area (Å²) in [5, 5.41) is 0.982. The first-order chi connectivity index (χ1) is 8.24. The van der Waals surface area contributed by atoms with E-state index in [1.165, 1.54) is 12.0 Å². The second-order valence-corrected chi connectivity index (χ2v) is 5.31. The number of methoxy groups -OCH3 is 1. The summed E-state index contributed by atoms with van der Waals surface area (Å²) in [6.07, 6.45) is 4.26. The Morgan fingerprint density at radius 2 is 2.06 bits per heavy atom. The van der Waals surface area contributed by atoms with Crippen molar-refractivity contribution in [2.24, 2.45) is 0 Å². The van der Waals surface area contributed by atoms with Crippen LogP contribution in [0.15, 0.2) is 9.82 Å². The van der Waals surface area contributed by atoms with Crippen molar-refractivity contribution in [3.05, 3.63) is 21.5 Å². The molecule has 3 N–H and O–H groups in total. The first kappa shape index (κ1) is 12.5. The Labute approximate surface area is 105 Å². The number of rotatable bonds is 4. The molecule has 0 saturated heterocycles. The molecule has 2 rings (SSSR count). The highest BCUT2D eigenvalue weighted by Gasteiger charge is 2.18. The summed E-state index contributed by atoms with van der Waals surface area (Å²) in [5.41, 5.74) is 8.43. The zero-order valence-corrected chi connectivity index (χ0v) is 10.9. The molecule has 1 aliphatic rings. The first-order valence-electron chi connectivity index (χ1n) is 5.89. The maximum absolute atomic E-state index is 11.7. The molecule has 0 radical (unpaired) electrons. The van der Waals surface area contributed by atoms with Crippen LogP contribution in [-0.4, -0.2) is 24.5 Å². The second-order valence-electron chi connectivity index (χ2n) is 4.20. The van der Waals surface area contributed by atoms with E-state index < -0.39 is 0 Å². The van der Waals surface area contributed by atoms with Gasteiger partial charge in [-0.05, 0) is 36.8 Å². The second kappa shape index (κ2) is 5.60. The lowest BCUT2D eigenvalue weighted by molar-refractivity contribution is 0.218. The summed E-state index contributed by atoms with van der Waals surface area (Å²) in [6.45, 7) is 0.686. The lowest BCUT2D eigenvalue weighted by Crippen LogP contribution is -2.20. The fraction of sp³-hybridized carbons (Fsp3) is 0.583. The monoisotopic (exact) mass is 254 g/mol. The molecule has 0 saturated carbocycles. The van der Waals surface area contributed by atoms with Crippen LogP contribution in [0.5, 0.6) is 0 Å². The SMILES string of the molecule is COCCSc1[nH]c(=O)c(N)c2c1CCCC2. The molecule has 0 amide bonds. The molecule has 5 heteroatoms. The van der Waals surface area contributed by atoms with Gasteiger partial charge in [0.15, 0.2) is 0 Å². The van der Waals surface area contributed by atoms with E-state index in [1.54, 1.807) is 18.9 Å². The summed E-state index contributed by atoms with van der Waals surface area (Å²) in [4.78, 5) is 14.6. The van der Waals surface area contributed by atoms with Gasteiger partial charge in [0.2, 0.25) is 0 Å². The van der Waals surface area contributed by atoms with Gasteiger partial charge in [-0.3, -0.25) is 4.79 Å². The van der Waals surface area contributed by atoms with Gasteiger partial charge in [0.05, 0.1) is 11.6 Å². The topological polar surface area (TPSA) is 68.1 Å². The van der Waals surface area contributed by atoms with Crippen LogP contribution in [0.4, 0.5) is 5.69 Å². The minimum absolute atomic E-state index is 0.148. The molecule has 1 aromatic heterocycles. The molecule has 0 aliphatic heterocycles. The smallest absolute Gasteiger partial charge is 0.272 e. The molecule has 1 aliphatic carbocycles. The number of nitrogen functional groups attached to an aromatic ring is 1. The van der Waals surface area contributed by atoms with Gasteiger partial charge < -0.3 is 15.5 Å². The Balaban J connectivity index is 2.31. The van der Waals surface area contributed by atoms with Gasteiger partial charge >= 0.3 is 0 Å². The van der Waals surface area contributed by atoms with E-state index >= 15 is 0 Å². The van der Waals surface area contributed by atoms with Crippen molar-refractivity contribution in [1.82, 2.24) is 4.98 Å². The maximum atomic E-state index is 11.7. The molecule has 0 spiro atoms. The molecule has 94 valence electrons. The minimum Gasteiger partial charge on any atom is -0.394 e. The third-order valence-electron chi connectivity index (χ3n) is 3.07. The van der Waals surface area contributed by atoms with Crippen molar-refractivity contribution in [3.63, 3.8) is 0 Å². The molecule has 17 heavy (non-hydrogen) atoms. The van der Waals surface area contributed by atoms with Crippen LogP contribution in [0.25, 0.3) is 0 Å². The first-order valence-corrected chi connectivity index (χ1v) is 6.88. The molecule has 0 atom stereocenters. The molecule has 0 aromatic carbocycles. The number of hydrogen-bond donors (Lipinski definition) is 2. The summed E-state index contributed by atoms with van der Waals surface area (Å²) in [6, 6.07) is 0. The largest absolute Gasteiger partial charge is 0.394 e. The Morgan fingerprint density at radius 3 is 2.76 bits per heavy atom. The van der Waals surface area contributed by atoms with Crippen LogP contribution in [0.3, 0.4) is 0 Å². The average Bonchev–Trinajstić information content (AvgIpc) is 2.36. The summed E-state index contributed by atoms with van der Waals surface area (Å²) < 4.78 is 5.02. The third kappa shape index (κ3) is 2.66. The van der Waals surface area contributed by atoms with Crippen molar-refractivity contribution in [2.75, 3.05) is 25.2 Å². The lowest BCUT2D eigenvalue weighted by Gasteiger charge is -2.20. The summed E-state index contributed by atoms with van der Waals surface area (Å²) >= 11 is 1.65. The van der Waals surface area contributed by atoms with E-state index in [1.807, 2.05) is 0 Å². The van der Waals surface area contributed by atoms with E-state index in [9.17, 15) is 4.79 Å². The zero-order valence-electron chi connectivity index (χ0n) is 10.0. The number of nitrogens with two attached hydrogens (primary N) is 1. The third-order valence-corrected chi connectivity index (χ3v) is 4.08. The number of pyridine rings is 1. The molecule has 0 bridgehead atoms. The van der Waals surface area contributed by atoms with Crippen LogP contribution in [0.1, 0.15) is 24.0 Å².